The summed E-state index contributed by atoms with van der Waals surface area (Å²) < 4.78 is 5.69. The summed E-state index contributed by atoms with van der Waals surface area (Å²) in [7, 11) is 0. The Morgan fingerprint density at radius 3 is 2.89 bits per heavy atom. The number of fused-ring (bicyclic) bond motifs is 1. The number of rotatable bonds is 2. The molecule has 0 aliphatic carbocycles. The van der Waals surface area contributed by atoms with Crippen LogP contribution in [0.5, 0.6) is 0 Å². The van der Waals surface area contributed by atoms with Crippen LogP contribution in [-0.2, 0) is 11.2 Å². The average Bonchev–Trinajstić information content (AvgIpc) is 2.47. The lowest BCUT2D eigenvalue weighted by atomic mass is 9.90. The highest BCUT2D eigenvalue weighted by Gasteiger charge is 2.22. The number of nitrogens with zero attached hydrogens (tertiary/aromatic N) is 2. The molecule has 2 heterocycles. The van der Waals surface area contributed by atoms with E-state index in [4.69, 9.17) is 10.5 Å². The van der Waals surface area contributed by atoms with Gasteiger partial charge in [-0.15, -0.1) is 0 Å². The molecule has 1 aromatic carbocycles. The van der Waals surface area contributed by atoms with E-state index in [9.17, 15) is 0 Å². The molecule has 1 atom stereocenters. The van der Waals surface area contributed by atoms with Gasteiger partial charge in [0.1, 0.15) is 6.33 Å². The molecule has 1 aromatic heterocycles. The standard InChI is InChI=1S/C14H15N3O/c15-6-14-13-3-1-2-11(12(13)4-5-18-14)10-7-16-9-17-8-10/h1-3,7-9,14H,4-6,15H2/t14-/m1/s1. The fraction of sp³-hybridized carbons (Fsp3) is 0.286. The van der Waals surface area contributed by atoms with Crippen LogP contribution in [0.25, 0.3) is 11.1 Å². The van der Waals surface area contributed by atoms with Gasteiger partial charge in [0.15, 0.2) is 0 Å². The quantitative estimate of drug-likeness (QED) is 0.869. The van der Waals surface area contributed by atoms with E-state index in [1.165, 1.54) is 16.7 Å². The van der Waals surface area contributed by atoms with Gasteiger partial charge in [0, 0.05) is 24.5 Å². The third-order valence-electron chi connectivity index (χ3n) is 3.32. The first-order chi connectivity index (χ1) is 8.90. The molecule has 0 saturated carbocycles. The zero-order valence-electron chi connectivity index (χ0n) is 10.0. The zero-order valence-corrected chi connectivity index (χ0v) is 10.0. The predicted octanol–water partition coefficient (Wildman–Crippen LogP) is 1.72. The molecule has 1 aliphatic rings. The fourth-order valence-corrected chi connectivity index (χ4v) is 2.48. The minimum absolute atomic E-state index is 0.0123. The molecule has 0 unspecified atom stereocenters. The Kier molecular flexibility index (Phi) is 3.04. The van der Waals surface area contributed by atoms with Crippen molar-refractivity contribution in [1.82, 2.24) is 9.97 Å². The molecule has 4 heteroatoms. The van der Waals surface area contributed by atoms with Crippen LogP contribution >= 0.6 is 0 Å². The maximum Gasteiger partial charge on any atom is 0.115 e. The molecular formula is C14H15N3O. The van der Waals surface area contributed by atoms with Crippen LogP contribution in [0, 0.1) is 0 Å². The van der Waals surface area contributed by atoms with E-state index in [-0.39, 0.29) is 6.10 Å². The van der Waals surface area contributed by atoms with Crippen molar-refractivity contribution in [2.75, 3.05) is 13.2 Å². The normalized spacial score (nSPS) is 18.4. The third-order valence-corrected chi connectivity index (χ3v) is 3.32. The van der Waals surface area contributed by atoms with Gasteiger partial charge in [0.2, 0.25) is 0 Å². The Balaban J connectivity index is 2.12. The third kappa shape index (κ3) is 1.89. The summed E-state index contributed by atoms with van der Waals surface area (Å²) in [5.41, 5.74) is 10.5. The van der Waals surface area contributed by atoms with Crippen LogP contribution in [0.15, 0.2) is 36.9 Å². The highest BCUT2D eigenvalue weighted by Crippen LogP contribution is 2.33. The Bertz CT molecular complexity index is 542. The fourth-order valence-electron chi connectivity index (χ4n) is 2.48. The van der Waals surface area contributed by atoms with Crippen molar-refractivity contribution in [2.45, 2.75) is 12.5 Å². The van der Waals surface area contributed by atoms with Crippen molar-refractivity contribution in [3.8, 4) is 11.1 Å². The van der Waals surface area contributed by atoms with Crippen LogP contribution in [0.3, 0.4) is 0 Å². The van der Waals surface area contributed by atoms with Crippen LogP contribution in [0.1, 0.15) is 17.2 Å². The maximum atomic E-state index is 5.76. The van der Waals surface area contributed by atoms with Gasteiger partial charge < -0.3 is 10.5 Å². The lowest BCUT2D eigenvalue weighted by Crippen LogP contribution is -2.23. The second-order valence-corrected chi connectivity index (χ2v) is 4.35. The number of benzene rings is 1. The summed E-state index contributed by atoms with van der Waals surface area (Å²) in [4.78, 5) is 8.16. The second-order valence-electron chi connectivity index (χ2n) is 4.35. The number of nitrogens with two attached hydrogens (primary N) is 1. The first kappa shape index (κ1) is 11.3. The van der Waals surface area contributed by atoms with E-state index >= 15 is 0 Å². The first-order valence-corrected chi connectivity index (χ1v) is 6.09. The Hall–Kier alpha value is -1.78. The number of aromatic nitrogens is 2. The molecule has 2 aromatic rings. The van der Waals surface area contributed by atoms with Gasteiger partial charge in [-0.3, -0.25) is 0 Å². The smallest absolute Gasteiger partial charge is 0.115 e. The van der Waals surface area contributed by atoms with Gasteiger partial charge in [-0.25, -0.2) is 9.97 Å². The largest absolute Gasteiger partial charge is 0.372 e. The molecular weight excluding hydrogens is 226 g/mol. The minimum Gasteiger partial charge on any atom is -0.372 e. The van der Waals surface area contributed by atoms with E-state index in [2.05, 4.69) is 22.1 Å². The van der Waals surface area contributed by atoms with Crippen molar-refractivity contribution in [2.24, 2.45) is 5.73 Å². The summed E-state index contributed by atoms with van der Waals surface area (Å²) in [6.07, 6.45) is 6.16. The molecule has 0 spiro atoms. The molecule has 0 fully saturated rings. The van der Waals surface area contributed by atoms with E-state index in [0.717, 1.165) is 18.6 Å². The summed E-state index contributed by atoms with van der Waals surface area (Å²) in [6.45, 7) is 1.24. The summed E-state index contributed by atoms with van der Waals surface area (Å²) in [5.74, 6) is 0. The Morgan fingerprint density at radius 2 is 2.11 bits per heavy atom. The van der Waals surface area contributed by atoms with Crippen molar-refractivity contribution >= 4 is 0 Å². The number of hydrogen-bond donors (Lipinski definition) is 1. The SMILES string of the molecule is NC[C@H]1OCCc2c(-c3cncnc3)cccc21. The minimum atomic E-state index is 0.0123. The first-order valence-electron chi connectivity index (χ1n) is 6.09. The van der Waals surface area contributed by atoms with Crippen LogP contribution in [-0.4, -0.2) is 23.1 Å². The van der Waals surface area contributed by atoms with Crippen molar-refractivity contribution in [3.63, 3.8) is 0 Å². The monoisotopic (exact) mass is 241 g/mol. The van der Waals surface area contributed by atoms with Crippen molar-refractivity contribution in [1.29, 1.82) is 0 Å². The molecule has 18 heavy (non-hydrogen) atoms. The average molecular weight is 241 g/mol. The second kappa shape index (κ2) is 4.84. The van der Waals surface area contributed by atoms with Gasteiger partial charge in [-0.1, -0.05) is 18.2 Å². The Labute approximate surface area is 106 Å². The molecule has 1 aliphatic heterocycles. The van der Waals surface area contributed by atoms with E-state index in [1.807, 2.05) is 18.5 Å². The van der Waals surface area contributed by atoms with Crippen LogP contribution in [0.4, 0.5) is 0 Å². The molecule has 3 rings (SSSR count). The van der Waals surface area contributed by atoms with E-state index in [1.54, 1.807) is 6.33 Å². The summed E-state index contributed by atoms with van der Waals surface area (Å²) in [6, 6.07) is 6.24. The van der Waals surface area contributed by atoms with Crippen LogP contribution in [0.2, 0.25) is 0 Å². The van der Waals surface area contributed by atoms with Crippen molar-refractivity contribution in [3.05, 3.63) is 48.0 Å². The molecule has 0 saturated heterocycles. The van der Waals surface area contributed by atoms with Gasteiger partial charge in [0.05, 0.1) is 12.7 Å². The van der Waals surface area contributed by atoms with Gasteiger partial charge in [-0.2, -0.15) is 0 Å². The van der Waals surface area contributed by atoms with Crippen LogP contribution < -0.4 is 5.73 Å². The number of ether oxygens (including phenoxy) is 1. The van der Waals surface area contributed by atoms with Crippen molar-refractivity contribution < 1.29 is 4.74 Å². The van der Waals surface area contributed by atoms with Gasteiger partial charge >= 0.3 is 0 Å². The molecule has 92 valence electrons. The van der Waals surface area contributed by atoms with E-state index < -0.39 is 0 Å². The van der Waals surface area contributed by atoms with E-state index in [0.29, 0.717) is 6.54 Å². The predicted molar refractivity (Wildman–Crippen MR) is 68.9 cm³/mol. The van der Waals surface area contributed by atoms with Gasteiger partial charge in [0.25, 0.3) is 0 Å². The lowest BCUT2D eigenvalue weighted by Gasteiger charge is -2.26. The lowest BCUT2D eigenvalue weighted by molar-refractivity contribution is 0.0486. The zero-order chi connectivity index (χ0) is 12.4. The Morgan fingerprint density at radius 1 is 1.28 bits per heavy atom. The number of hydrogen-bond acceptors (Lipinski definition) is 4. The van der Waals surface area contributed by atoms with Gasteiger partial charge in [-0.05, 0) is 23.1 Å². The highest BCUT2D eigenvalue weighted by molar-refractivity contribution is 5.68. The highest BCUT2D eigenvalue weighted by atomic mass is 16.5. The molecule has 0 bridgehead atoms. The molecule has 2 N–H and O–H groups in total. The summed E-state index contributed by atoms with van der Waals surface area (Å²) in [5, 5.41) is 0. The maximum absolute atomic E-state index is 5.76. The molecule has 0 amide bonds. The molecule has 0 radical (unpaired) electrons. The summed E-state index contributed by atoms with van der Waals surface area (Å²) >= 11 is 0. The topological polar surface area (TPSA) is 61.0 Å². The molecule has 4 nitrogen and oxygen atoms in total.